The van der Waals surface area contributed by atoms with E-state index in [4.69, 9.17) is 4.74 Å². The predicted molar refractivity (Wildman–Crippen MR) is 82.3 cm³/mol. The molecule has 1 aliphatic rings. The van der Waals surface area contributed by atoms with Gasteiger partial charge in [0.1, 0.15) is 5.75 Å². The Balaban J connectivity index is 2.36. The summed E-state index contributed by atoms with van der Waals surface area (Å²) in [6, 6.07) is 4.14. The van der Waals surface area contributed by atoms with Crippen LogP contribution in [0.3, 0.4) is 0 Å². The standard InChI is InChI=1S/C17H27NO2/c1-5-18-11-6-9-17(19,10-12-18)15-8-7-13(2)14(3)16(15)20-4/h7-8,19H,5-6,9-12H2,1-4H3. The van der Waals surface area contributed by atoms with Gasteiger partial charge in [0.25, 0.3) is 0 Å². The van der Waals surface area contributed by atoms with Crippen molar-refractivity contribution in [3.63, 3.8) is 0 Å². The van der Waals surface area contributed by atoms with Gasteiger partial charge in [0.05, 0.1) is 12.7 Å². The van der Waals surface area contributed by atoms with Crippen molar-refractivity contribution in [2.24, 2.45) is 0 Å². The number of ether oxygens (including phenoxy) is 1. The highest BCUT2D eigenvalue weighted by molar-refractivity contribution is 5.48. The lowest BCUT2D eigenvalue weighted by molar-refractivity contribution is 0.0190. The molecule has 1 aliphatic heterocycles. The lowest BCUT2D eigenvalue weighted by Crippen LogP contribution is -2.29. The number of methoxy groups -OCH3 is 1. The molecule has 1 aromatic carbocycles. The van der Waals surface area contributed by atoms with Gasteiger partial charge in [0.2, 0.25) is 0 Å². The molecule has 1 fully saturated rings. The molecule has 1 atom stereocenters. The van der Waals surface area contributed by atoms with E-state index < -0.39 is 5.60 Å². The maximum absolute atomic E-state index is 11.2. The number of hydrogen-bond donors (Lipinski definition) is 1. The molecule has 0 amide bonds. The van der Waals surface area contributed by atoms with Gasteiger partial charge >= 0.3 is 0 Å². The zero-order valence-corrected chi connectivity index (χ0v) is 13.2. The normalized spacial score (nSPS) is 24.4. The number of aryl methyl sites for hydroxylation is 1. The molecule has 0 aliphatic carbocycles. The first-order chi connectivity index (χ1) is 9.51. The SMILES string of the molecule is CCN1CCCC(O)(c2ccc(C)c(C)c2OC)CC1. The van der Waals surface area contributed by atoms with Crippen LogP contribution in [-0.4, -0.2) is 36.8 Å². The maximum Gasteiger partial charge on any atom is 0.128 e. The molecule has 0 aromatic heterocycles. The van der Waals surface area contributed by atoms with Gasteiger partial charge in [0, 0.05) is 12.1 Å². The summed E-state index contributed by atoms with van der Waals surface area (Å²) in [4.78, 5) is 2.41. The molecular weight excluding hydrogens is 250 g/mol. The van der Waals surface area contributed by atoms with Crippen LogP contribution in [0.1, 0.15) is 42.9 Å². The highest BCUT2D eigenvalue weighted by atomic mass is 16.5. The second-order valence-electron chi connectivity index (χ2n) is 5.91. The van der Waals surface area contributed by atoms with Crippen molar-refractivity contribution in [1.29, 1.82) is 0 Å². The minimum Gasteiger partial charge on any atom is -0.496 e. The van der Waals surface area contributed by atoms with Gasteiger partial charge in [-0.25, -0.2) is 0 Å². The third-order valence-electron chi connectivity index (χ3n) is 4.74. The summed E-state index contributed by atoms with van der Waals surface area (Å²) >= 11 is 0. The molecule has 0 radical (unpaired) electrons. The molecule has 3 nitrogen and oxygen atoms in total. The number of rotatable bonds is 3. The van der Waals surface area contributed by atoms with Crippen molar-refractivity contribution in [3.8, 4) is 5.75 Å². The second-order valence-corrected chi connectivity index (χ2v) is 5.91. The monoisotopic (exact) mass is 277 g/mol. The summed E-state index contributed by atoms with van der Waals surface area (Å²) in [6.45, 7) is 9.41. The molecule has 1 aromatic rings. The van der Waals surface area contributed by atoms with E-state index in [2.05, 4.69) is 31.7 Å². The molecule has 0 spiro atoms. The minimum absolute atomic E-state index is 0.756. The fraction of sp³-hybridized carbons (Fsp3) is 0.647. The first kappa shape index (κ1) is 15.3. The topological polar surface area (TPSA) is 32.7 Å². The first-order valence-electron chi connectivity index (χ1n) is 7.61. The zero-order chi connectivity index (χ0) is 14.8. The quantitative estimate of drug-likeness (QED) is 0.922. The van der Waals surface area contributed by atoms with Crippen LogP contribution in [0.15, 0.2) is 12.1 Å². The van der Waals surface area contributed by atoms with Crippen LogP contribution in [0.2, 0.25) is 0 Å². The van der Waals surface area contributed by atoms with Crippen LogP contribution in [0, 0.1) is 13.8 Å². The molecule has 0 saturated carbocycles. The number of aliphatic hydroxyl groups is 1. The van der Waals surface area contributed by atoms with Gasteiger partial charge in [-0.3, -0.25) is 0 Å². The smallest absolute Gasteiger partial charge is 0.128 e. The fourth-order valence-electron chi connectivity index (χ4n) is 3.18. The van der Waals surface area contributed by atoms with Gasteiger partial charge in [-0.15, -0.1) is 0 Å². The number of hydrogen-bond acceptors (Lipinski definition) is 3. The Morgan fingerprint density at radius 1 is 1.25 bits per heavy atom. The van der Waals surface area contributed by atoms with Crippen LogP contribution in [0.25, 0.3) is 0 Å². The van der Waals surface area contributed by atoms with Crippen molar-refractivity contribution in [2.75, 3.05) is 26.7 Å². The van der Waals surface area contributed by atoms with Crippen molar-refractivity contribution in [3.05, 3.63) is 28.8 Å². The Hall–Kier alpha value is -1.06. The Bertz CT molecular complexity index is 472. The van der Waals surface area contributed by atoms with E-state index in [0.29, 0.717) is 0 Å². The molecule has 3 heteroatoms. The summed E-state index contributed by atoms with van der Waals surface area (Å²) in [5.41, 5.74) is 2.54. The molecule has 1 unspecified atom stereocenters. The number of likely N-dealkylation sites (tertiary alicyclic amines) is 1. The third-order valence-corrected chi connectivity index (χ3v) is 4.74. The van der Waals surface area contributed by atoms with Crippen molar-refractivity contribution in [2.45, 2.75) is 45.6 Å². The first-order valence-corrected chi connectivity index (χ1v) is 7.61. The van der Waals surface area contributed by atoms with Crippen molar-refractivity contribution < 1.29 is 9.84 Å². The van der Waals surface area contributed by atoms with Crippen LogP contribution in [-0.2, 0) is 5.60 Å². The number of nitrogens with zero attached hydrogens (tertiary/aromatic N) is 1. The zero-order valence-electron chi connectivity index (χ0n) is 13.2. The summed E-state index contributed by atoms with van der Waals surface area (Å²) in [5, 5.41) is 11.2. The van der Waals surface area contributed by atoms with Crippen LogP contribution in [0.4, 0.5) is 0 Å². The highest BCUT2D eigenvalue weighted by Gasteiger charge is 2.34. The number of benzene rings is 1. The van der Waals surface area contributed by atoms with Crippen molar-refractivity contribution in [1.82, 2.24) is 4.90 Å². The minimum atomic E-state index is -0.756. The molecule has 20 heavy (non-hydrogen) atoms. The lowest BCUT2D eigenvalue weighted by Gasteiger charge is -2.30. The molecule has 112 valence electrons. The molecule has 0 bridgehead atoms. The van der Waals surface area contributed by atoms with Gasteiger partial charge in [-0.05, 0) is 57.3 Å². The highest BCUT2D eigenvalue weighted by Crippen LogP contribution is 2.40. The largest absolute Gasteiger partial charge is 0.496 e. The lowest BCUT2D eigenvalue weighted by atomic mass is 9.84. The summed E-state index contributed by atoms with van der Waals surface area (Å²) in [6.07, 6.45) is 2.61. The predicted octanol–water partition coefficient (Wildman–Crippen LogP) is 3.01. The Kier molecular flexibility index (Phi) is 4.71. The van der Waals surface area contributed by atoms with Crippen molar-refractivity contribution >= 4 is 0 Å². The van der Waals surface area contributed by atoms with E-state index in [9.17, 15) is 5.11 Å². The van der Waals surface area contributed by atoms with E-state index >= 15 is 0 Å². The maximum atomic E-state index is 11.2. The second kappa shape index (κ2) is 6.15. The van der Waals surface area contributed by atoms with Gasteiger partial charge in [0.15, 0.2) is 0 Å². The van der Waals surface area contributed by atoms with E-state index in [0.717, 1.165) is 55.8 Å². The summed E-state index contributed by atoms with van der Waals surface area (Å²) in [5.74, 6) is 0.859. The van der Waals surface area contributed by atoms with Gasteiger partial charge in [-0.1, -0.05) is 19.1 Å². The average Bonchev–Trinajstić information content (AvgIpc) is 2.64. The molecule has 1 heterocycles. The summed E-state index contributed by atoms with van der Waals surface area (Å²) in [7, 11) is 1.70. The van der Waals surface area contributed by atoms with Crippen LogP contribution < -0.4 is 4.74 Å². The fourth-order valence-corrected chi connectivity index (χ4v) is 3.18. The van der Waals surface area contributed by atoms with E-state index in [1.165, 1.54) is 5.56 Å². The van der Waals surface area contributed by atoms with E-state index in [1.807, 2.05) is 6.07 Å². The third kappa shape index (κ3) is 2.84. The molecule has 1 N–H and O–H groups in total. The summed E-state index contributed by atoms with van der Waals surface area (Å²) < 4.78 is 5.60. The Morgan fingerprint density at radius 3 is 2.65 bits per heavy atom. The Labute approximate surface area is 122 Å². The molecular formula is C17H27NO2. The Morgan fingerprint density at radius 2 is 2.00 bits per heavy atom. The van der Waals surface area contributed by atoms with Crippen LogP contribution in [0.5, 0.6) is 5.75 Å². The molecule has 1 saturated heterocycles. The molecule has 2 rings (SSSR count). The van der Waals surface area contributed by atoms with E-state index in [1.54, 1.807) is 7.11 Å². The van der Waals surface area contributed by atoms with Gasteiger partial charge in [-0.2, -0.15) is 0 Å². The average molecular weight is 277 g/mol. The van der Waals surface area contributed by atoms with Gasteiger partial charge < -0.3 is 14.7 Å². The van der Waals surface area contributed by atoms with Crippen LogP contribution >= 0.6 is 0 Å². The van der Waals surface area contributed by atoms with E-state index in [-0.39, 0.29) is 0 Å².